The van der Waals surface area contributed by atoms with Gasteiger partial charge in [0.25, 0.3) is 0 Å². The Kier molecular flexibility index (Phi) is 4.21. The third-order valence-corrected chi connectivity index (χ3v) is 1.25. The van der Waals surface area contributed by atoms with E-state index in [-0.39, 0.29) is 6.42 Å². The van der Waals surface area contributed by atoms with Crippen LogP contribution >= 0.6 is 0 Å². The summed E-state index contributed by atoms with van der Waals surface area (Å²) in [6.07, 6.45) is 0.220. The van der Waals surface area contributed by atoms with E-state index in [0.717, 1.165) is 0 Å². The smallest absolute Gasteiger partial charge is 0.234 e. The van der Waals surface area contributed by atoms with Crippen LogP contribution in [0.5, 0.6) is 0 Å². The summed E-state index contributed by atoms with van der Waals surface area (Å²) >= 11 is 0. The molecule has 0 aliphatic heterocycles. The van der Waals surface area contributed by atoms with Crippen molar-refractivity contribution >= 4 is 11.8 Å². The normalized spacial score (nSPS) is 12.5. The summed E-state index contributed by atoms with van der Waals surface area (Å²) in [5.41, 5.74) is 9.79. The van der Waals surface area contributed by atoms with E-state index >= 15 is 0 Å². The maximum absolute atomic E-state index is 10.4. The van der Waals surface area contributed by atoms with Crippen LogP contribution in [0.25, 0.3) is 0 Å². The highest BCUT2D eigenvalue weighted by Gasteiger charge is 2.06. The zero-order valence-corrected chi connectivity index (χ0v) is 6.46. The molecule has 2 amide bonds. The first kappa shape index (κ1) is 9.90. The molecule has 0 aliphatic carbocycles. The largest absolute Gasteiger partial charge is 0.370 e. The van der Waals surface area contributed by atoms with E-state index in [1.807, 2.05) is 0 Å². The van der Waals surface area contributed by atoms with Crippen molar-refractivity contribution in [3.8, 4) is 0 Å². The van der Waals surface area contributed by atoms with E-state index in [4.69, 9.17) is 11.5 Å². The number of hydrogen-bond acceptors (Lipinski definition) is 3. The van der Waals surface area contributed by atoms with Gasteiger partial charge in [-0.25, -0.2) is 0 Å². The Hall–Kier alpha value is -1.10. The third kappa shape index (κ3) is 5.35. The first-order valence-electron chi connectivity index (χ1n) is 3.35. The standard InChI is InChI=1S/C6H13N3O2/c1-4(6(8)11)9-3-2-5(7)10/h4,9H,2-3H2,1H3,(H2,7,10)(H2,8,11). The number of nitrogens with one attached hydrogen (secondary N) is 1. The van der Waals surface area contributed by atoms with Crippen molar-refractivity contribution in [2.75, 3.05) is 6.54 Å². The molecule has 0 rings (SSSR count). The molecule has 0 heterocycles. The average molecular weight is 159 g/mol. The van der Waals surface area contributed by atoms with Crippen molar-refractivity contribution < 1.29 is 9.59 Å². The number of amides is 2. The van der Waals surface area contributed by atoms with Crippen molar-refractivity contribution in [1.29, 1.82) is 0 Å². The Labute approximate surface area is 65.1 Å². The van der Waals surface area contributed by atoms with Gasteiger partial charge in [0.1, 0.15) is 0 Å². The van der Waals surface area contributed by atoms with Gasteiger partial charge < -0.3 is 16.8 Å². The van der Waals surface area contributed by atoms with E-state index < -0.39 is 17.9 Å². The summed E-state index contributed by atoms with van der Waals surface area (Å²) in [6.45, 7) is 2.02. The van der Waals surface area contributed by atoms with Gasteiger partial charge in [-0.05, 0) is 6.92 Å². The molecule has 5 heteroatoms. The lowest BCUT2D eigenvalue weighted by Crippen LogP contribution is -2.40. The minimum Gasteiger partial charge on any atom is -0.370 e. The fourth-order valence-corrected chi connectivity index (χ4v) is 0.512. The van der Waals surface area contributed by atoms with E-state index in [9.17, 15) is 9.59 Å². The summed E-state index contributed by atoms with van der Waals surface area (Å²) in [5, 5.41) is 2.74. The molecule has 0 spiro atoms. The van der Waals surface area contributed by atoms with Crippen molar-refractivity contribution in [2.45, 2.75) is 19.4 Å². The Balaban J connectivity index is 3.39. The van der Waals surface area contributed by atoms with Gasteiger partial charge >= 0.3 is 0 Å². The van der Waals surface area contributed by atoms with Crippen molar-refractivity contribution in [1.82, 2.24) is 5.32 Å². The second kappa shape index (κ2) is 4.68. The topological polar surface area (TPSA) is 98.2 Å². The number of nitrogens with two attached hydrogens (primary N) is 2. The van der Waals surface area contributed by atoms with Crippen LogP contribution in [0.4, 0.5) is 0 Å². The molecule has 1 atom stereocenters. The van der Waals surface area contributed by atoms with Crippen LogP contribution in [-0.4, -0.2) is 24.4 Å². The van der Waals surface area contributed by atoms with Gasteiger partial charge in [-0.2, -0.15) is 0 Å². The first-order chi connectivity index (χ1) is 5.04. The summed E-state index contributed by atoms with van der Waals surface area (Å²) in [4.78, 5) is 20.6. The monoisotopic (exact) mass is 159 g/mol. The van der Waals surface area contributed by atoms with Crippen LogP contribution in [-0.2, 0) is 9.59 Å². The van der Waals surface area contributed by atoms with Crippen LogP contribution in [0.3, 0.4) is 0 Å². The number of rotatable bonds is 5. The zero-order valence-electron chi connectivity index (χ0n) is 6.46. The first-order valence-corrected chi connectivity index (χ1v) is 3.35. The molecule has 11 heavy (non-hydrogen) atoms. The highest BCUT2D eigenvalue weighted by Crippen LogP contribution is 1.79. The van der Waals surface area contributed by atoms with Crippen LogP contribution in [0.15, 0.2) is 0 Å². The molecule has 0 saturated heterocycles. The predicted molar refractivity (Wildman–Crippen MR) is 40.5 cm³/mol. The van der Waals surface area contributed by atoms with E-state index in [1.165, 1.54) is 0 Å². The minimum absolute atomic E-state index is 0.220. The molecule has 5 nitrogen and oxygen atoms in total. The van der Waals surface area contributed by atoms with E-state index in [2.05, 4.69) is 5.32 Å². The van der Waals surface area contributed by atoms with Gasteiger partial charge in [-0.1, -0.05) is 0 Å². The molecule has 1 unspecified atom stereocenters. The van der Waals surface area contributed by atoms with Crippen LogP contribution in [0, 0.1) is 0 Å². The quantitative estimate of drug-likeness (QED) is 0.447. The molecule has 0 aromatic heterocycles. The molecule has 5 N–H and O–H groups in total. The molecule has 0 aliphatic rings. The van der Waals surface area contributed by atoms with Gasteiger partial charge in [0, 0.05) is 13.0 Å². The van der Waals surface area contributed by atoms with Crippen molar-refractivity contribution in [3.05, 3.63) is 0 Å². The zero-order chi connectivity index (χ0) is 8.85. The van der Waals surface area contributed by atoms with Crippen LogP contribution < -0.4 is 16.8 Å². The molecule has 0 fully saturated rings. The minimum atomic E-state index is -0.436. The number of hydrogen-bond donors (Lipinski definition) is 3. The summed E-state index contributed by atoms with van der Waals surface area (Å²) in [6, 6.07) is -0.408. The molecule has 0 aromatic rings. The Morgan fingerprint density at radius 2 is 2.00 bits per heavy atom. The predicted octanol–water partition coefficient (Wildman–Crippen LogP) is -1.67. The number of primary amides is 2. The Morgan fingerprint density at radius 3 is 2.36 bits per heavy atom. The SMILES string of the molecule is CC(NCCC(N)=O)C(N)=O. The van der Waals surface area contributed by atoms with Crippen LogP contribution in [0.1, 0.15) is 13.3 Å². The second-order valence-electron chi connectivity index (χ2n) is 2.29. The maximum Gasteiger partial charge on any atom is 0.234 e. The lowest BCUT2D eigenvalue weighted by atomic mass is 10.3. The van der Waals surface area contributed by atoms with Crippen LogP contribution in [0.2, 0.25) is 0 Å². The van der Waals surface area contributed by atoms with Crippen molar-refractivity contribution in [3.63, 3.8) is 0 Å². The maximum atomic E-state index is 10.4. The molecule has 64 valence electrons. The average Bonchev–Trinajstić information content (AvgIpc) is 1.86. The van der Waals surface area contributed by atoms with Crippen molar-refractivity contribution in [2.24, 2.45) is 11.5 Å². The van der Waals surface area contributed by atoms with Gasteiger partial charge in [0.05, 0.1) is 6.04 Å². The number of carbonyl (C=O) groups is 2. The summed E-state index contributed by atoms with van der Waals surface area (Å²) in [7, 11) is 0. The van der Waals surface area contributed by atoms with Gasteiger partial charge in [0.2, 0.25) is 11.8 Å². The lowest BCUT2D eigenvalue weighted by molar-refractivity contribution is -0.120. The molecular formula is C6H13N3O2. The second-order valence-corrected chi connectivity index (χ2v) is 2.29. The fourth-order valence-electron chi connectivity index (χ4n) is 0.512. The Morgan fingerprint density at radius 1 is 1.45 bits per heavy atom. The van der Waals surface area contributed by atoms with Gasteiger partial charge in [0.15, 0.2) is 0 Å². The number of carbonyl (C=O) groups excluding carboxylic acids is 2. The Bertz CT molecular complexity index is 158. The van der Waals surface area contributed by atoms with Gasteiger partial charge in [-0.3, -0.25) is 9.59 Å². The molecular weight excluding hydrogens is 146 g/mol. The summed E-state index contributed by atoms with van der Waals surface area (Å²) < 4.78 is 0. The van der Waals surface area contributed by atoms with E-state index in [0.29, 0.717) is 6.54 Å². The highest BCUT2D eigenvalue weighted by molar-refractivity contribution is 5.79. The fraction of sp³-hybridized carbons (Fsp3) is 0.667. The van der Waals surface area contributed by atoms with E-state index in [1.54, 1.807) is 6.92 Å². The molecule has 0 bridgehead atoms. The highest BCUT2D eigenvalue weighted by atomic mass is 16.1. The third-order valence-electron chi connectivity index (χ3n) is 1.25. The summed E-state index contributed by atoms with van der Waals surface area (Å²) in [5.74, 6) is -0.830. The molecule has 0 saturated carbocycles. The molecule has 0 radical (unpaired) electrons. The van der Waals surface area contributed by atoms with Gasteiger partial charge in [-0.15, -0.1) is 0 Å². The lowest BCUT2D eigenvalue weighted by Gasteiger charge is -2.07. The molecule has 0 aromatic carbocycles.